The Hall–Kier alpha value is -3.55. The lowest BCUT2D eigenvalue weighted by molar-refractivity contribution is -0.117. The van der Waals surface area contributed by atoms with Gasteiger partial charge < -0.3 is 14.6 Å². The zero-order chi connectivity index (χ0) is 21.7. The molecule has 0 aliphatic carbocycles. The summed E-state index contributed by atoms with van der Waals surface area (Å²) < 4.78 is 5.68. The van der Waals surface area contributed by atoms with Gasteiger partial charge in [-0.05, 0) is 41.8 Å². The summed E-state index contributed by atoms with van der Waals surface area (Å²) >= 11 is 7.40. The van der Waals surface area contributed by atoms with Crippen LogP contribution < -0.4 is 4.90 Å². The largest absolute Gasteiger partial charge is 0.506 e. The van der Waals surface area contributed by atoms with Gasteiger partial charge in [0.25, 0.3) is 5.91 Å². The lowest BCUT2D eigenvalue weighted by Crippen LogP contribution is -2.30. The van der Waals surface area contributed by atoms with Gasteiger partial charge in [-0.3, -0.25) is 14.5 Å². The number of aliphatic hydroxyl groups is 1. The number of furan rings is 1. The molecule has 2 N–H and O–H groups in total. The highest BCUT2D eigenvalue weighted by molar-refractivity contribution is 7.10. The lowest BCUT2D eigenvalue weighted by atomic mass is 10.00. The molecule has 1 aliphatic rings. The molecule has 0 saturated carbocycles. The first-order valence-electron chi connectivity index (χ1n) is 9.27. The van der Waals surface area contributed by atoms with Crippen molar-refractivity contribution in [1.29, 1.82) is 0 Å². The van der Waals surface area contributed by atoms with Gasteiger partial charge in [0, 0.05) is 15.3 Å². The van der Waals surface area contributed by atoms with E-state index in [0.717, 1.165) is 5.39 Å². The van der Waals surface area contributed by atoms with Gasteiger partial charge >= 0.3 is 0 Å². The molecule has 0 bridgehead atoms. The number of benzene rings is 2. The maximum absolute atomic E-state index is 13.4. The second-order valence-corrected chi connectivity index (χ2v) is 8.38. The summed E-state index contributed by atoms with van der Waals surface area (Å²) in [7, 11) is 0. The van der Waals surface area contributed by atoms with Gasteiger partial charge in [-0.2, -0.15) is 0 Å². The SMILES string of the molecule is O=C(C1=C(O)C(=O)N(c2cc(Cl)ccc2O)C1c1cccs1)c1cc2ccccc2o1. The van der Waals surface area contributed by atoms with E-state index in [1.165, 1.54) is 34.4 Å². The van der Waals surface area contributed by atoms with Crippen LogP contribution in [0, 0.1) is 0 Å². The second-order valence-electron chi connectivity index (χ2n) is 6.97. The van der Waals surface area contributed by atoms with Crippen molar-refractivity contribution in [2.45, 2.75) is 6.04 Å². The Morgan fingerprint density at radius 2 is 1.87 bits per heavy atom. The van der Waals surface area contributed by atoms with Crippen LogP contribution in [0.25, 0.3) is 11.0 Å². The number of carbonyl (C=O) groups is 2. The summed E-state index contributed by atoms with van der Waals surface area (Å²) in [5.41, 5.74) is 0.494. The zero-order valence-corrected chi connectivity index (χ0v) is 17.4. The van der Waals surface area contributed by atoms with E-state index in [2.05, 4.69) is 0 Å². The Bertz CT molecular complexity index is 1340. The Morgan fingerprint density at radius 3 is 2.61 bits per heavy atom. The van der Waals surface area contributed by atoms with E-state index in [4.69, 9.17) is 16.0 Å². The molecule has 154 valence electrons. The molecule has 6 nitrogen and oxygen atoms in total. The van der Waals surface area contributed by atoms with Crippen molar-refractivity contribution < 1.29 is 24.2 Å². The van der Waals surface area contributed by atoms with Gasteiger partial charge in [0.1, 0.15) is 17.4 Å². The predicted molar refractivity (Wildman–Crippen MR) is 118 cm³/mol. The van der Waals surface area contributed by atoms with Crippen LogP contribution in [0.2, 0.25) is 5.02 Å². The molecule has 2 aromatic heterocycles. The number of phenols is 1. The van der Waals surface area contributed by atoms with E-state index in [0.29, 0.717) is 15.5 Å². The highest BCUT2D eigenvalue weighted by Gasteiger charge is 2.46. The lowest BCUT2D eigenvalue weighted by Gasteiger charge is -2.26. The summed E-state index contributed by atoms with van der Waals surface area (Å²) in [5, 5.41) is 24.0. The van der Waals surface area contributed by atoms with Crippen molar-refractivity contribution in [1.82, 2.24) is 0 Å². The van der Waals surface area contributed by atoms with Crippen LogP contribution in [0.15, 0.2) is 81.8 Å². The molecule has 2 aromatic carbocycles. The first kappa shape index (κ1) is 19.4. The number of aromatic hydroxyl groups is 1. The van der Waals surface area contributed by atoms with Crippen LogP contribution in [0.1, 0.15) is 21.5 Å². The van der Waals surface area contributed by atoms with Crippen molar-refractivity contribution in [2.24, 2.45) is 0 Å². The molecular weight excluding hydrogens is 438 g/mol. The maximum Gasteiger partial charge on any atom is 0.294 e. The monoisotopic (exact) mass is 451 g/mol. The summed E-state index contributed by atoms with van der Waals surface area (Å²) in [6, 6.07) is 15.5. The van der Waals surface area contributed by atoms with Crippen LogP contribution in [0.5, 0.6) is 5.75 Å². The van der Waals surface area contributed by atoms with Crippen LogP contribution in [-0.4, -0.2) is 21.9 Å². The molecule has 0 radical (unpaired) electrons. The molecule has 0 fully saturated rings. The Morgan fingerprint density at radius 1 is 1.06 bits per heavy atom. The first-order valence-corrected chi connectivity index (χ1v) is 10.5. The highest BCUT2D eigenvalue weighted by atomic mass is 35.5. The minimum Gasteiger partial charge on any atom is -0.506 e. The number of amides is 1. The fourth-order valence-electron chi connectivity index (χ4n) is 3.72. The minimum absolute atomic E-state index is 0.00859. The molecule has 1 unspecified atom stereocenters. The summed E-state index contributed by atoms with van der Waals surface area (Å²) in [4.78, 5) is 28.3. The number of rotatable bonds is 4. The average molecular weight is 452 g/mol. The third kappa shape index (κ3) is 3.10. The van der Waals surface area contributed by atoms with Crippen molar-refractivity contribution in [3.63, 3.8) is 0 Å². The van der Waals surface area contributed by atoms with Crippen LogP contribution in [0.3, 0.4) is 0 Å². The van der Waals surface area contributed by atoms with Gasteiger partial charge in [0.15, 0.2) is 11.5 Å². The van der Waals surface area contributed by atoms with Crippen LogP contribution >= 0.6 is 22.9 Å². The molecule has 8 heteroatoms. The number of ketones is 1. The number of thiophene rings is 1. The number of fused-ring (bicyclic) bond motifs is 1. The topological polar surface area (TPSA) is 91.0 Å². The quantitative estimate of drug-likeness (QED) is 0.392. The Balaban J connectivity index is 1.67. The molecule has 31 heavy (non-hydrogen) atoms. The van der Waals surface area contributed by atoms with E-state index >= 15 is 0 Å². The van der Waals surface area contributed by atoms with Crippen molar-refractivity contribution in [3.05, 3.63) is 93.0 Å². The predicted octanol–water partition coefficient (Wildman–Crippen LogP) is 5.64. The fraction of sp³-hybridized carbons (Fsp3) is 0.0435. The average Bonchev–Trinajstić information content (AvgIpc) is 3.48. The van der Waals surface area contributed by atoms with E-state index in [9.17, 15) is 19.8 Å². The van der Waals surface area contributed by atoms with Gasteiger partial charge in [-0.15, -0.1) is 11.3 Å². The van der Waals surface area contributed by atoms with Crippen LogP contribution in [0.4, 0.5) is 5.69 Å². The zero-order valence-electron chi connectivity index (χ0n) is 15.8. The van der Waals surface area contributed by atoms with E-state index in [1.54, 1.807) is 41.8 Å². The van der Waals surface area contributed by atoms with Crippen molar-refractivity contribution in [3.8, 4) is 5.75 Å². The third-order valence-corrected chi connectivity index (χ3v) is 6.27. The molecule has 0 spiro atoms. The maximum atomic E-state index is 13.4. The number of anilines is 1. The first-order chi connectivity index (χ1) is 15.0. The normalized spacial score (nSPS) is 16.5. The molecule has 1 amide bonds. The number of hydrogen-bond donors (Lipinski definition) is 2. The van der Waals surface area contributed by atoms with E-state index < -0.39 is 23.5 Å². The molecular formula is C23H14ClNO5S. The smallest absolute Gasteiger partial charge is 0.294 e. The number of nitrogens with zero attached hydrogens (tertiary/aromatic N) is 1. The standard InChI is InChI=1S/C23H14ClNO5S/c24-13-7-8-15(26)14(11-13)25-20(18-6-3-9-31-18)19(22(28)23(25)29)21(27)17-10-12-4-1-2-5-16(12)30-17/h1-11,20,26,28H. The Labute approximate surface area is 185 Å². The number of carbonyl (C=O) groups excluding carboxylic acids is 2. The molecule has 4 aromatic rings. The summed E-state index contributed by atoms with van der Waals surface area (Å²) in [5.74, 6) is -2.30. The van der Waals surface area contributed by atoms with E-state index in [-0.39, 0.29) is 22.8 Å². The molecule has 1 aliphatic heterocycles. The van der Waals surface area contributed by atoms with Gasteiger partial charge in [-0.1, -0.05) is 35.9 Å². The number of hydrogen-bond acceptors (Lipinski definition) is 6. The van der Waals surface area contributed by atoms with Crippen molar-refractivity contribution >= 4 is 51.3 Å². The third-order valence-electron chi connectivity index (χ3n) is 5.11. The van der Waals surface area contributed by atoms with Gasteiger partial charge in [0.05, 0.1) is 11.3 Å². The fourth-order valence-corrected chi connectivity index (χ4v) is 4.71. The number of para-hydroxylation sites is 1. The Kier molecular flexibility index (Phi) is 4.57. The summed E-state index contributed by atoms with van der Waals surface area (Å²) in [6.07, 6.45) is 0. The van der Waals surface area contributed by atoms with E-state index in [1.807, 2.05) is 6.07 Å². The highest BCUT2D eigenvalue weighted by Crippen LogP contribution is 2.46. The molecule has 1 atom stereocenters. The number of aliphatic hydroxyl groups excluding tert-OH is 1. The second kappa shape index (κ2) is 7.30. The van der Waals surface area contributed by atoms with Crippen LogP contribution in [-0.2, 0) is 4.79 Å². The van der Waals surface area contributed by atoms with Crippen molar-refractivity contribution in [2.75, 3.05) is 4.90 Å². The number of phenolic OH excluding ortho intramolecular Hbond substituents is 1. The number of Topliss-reactive ketones (excluding diaryl/α,β-unsaturated/α-hetero) is 1. The van der Waals surface area contributed by atoms with Gasteiger partial charge in [0.2, 0.25) is 5.78 Å². The molecule has 0 saturated heterocycles. The van der Waals surface area contributed by atoms with Gasteiger partial charge in [-0.25, -0.2) is 0 Å². The molecule has 3 heterocycles. The summed E-state index contributed by atoms with van der Waals surface area (Å²) in [6.45, 7) is 0. The number of halogens is 1. The molecule has 5 rings (SSSR count). The minimum atomic E-state index is -0.947.